The number of hydrogen-bond donors (Lipinski definition) is 3. The minimum absolute atomic E-state index is 0.0544. The Kier molecular flexibility index (Phi) is 9.47. The van der Waals surface area contributed by atoms with Crippen LogP contribution in [0.15, 0.2) is 89.9 Å². The van der Waals surface area contributed by atoms with Gasteiger partial charge in [-0.15, -0.1) is 0 Å². The van der Waals surface area contributed by atoms with Crippen molar-refractivity contribution in [1.29, 1.82) is 0 Å². The monoisotopic (exact) mass is 599 g/mol. The zero-order valence-electron chi connectivity index (χ0n) is 23.9. The summed E-state index contributed by atoms with van der Waals surface area (Å²) in [5.74, 6) is -0.269. The molecule has 2 amide bonds. The molecule has 3 aromatic carbocycles. The second kappa shape index (κ2) is 13.6. The number of hydrogen-bond acceptors (Lipinski definition) is 4. The summed E-state index contributed by atoms with van der Waals surface area (Å²) in [4.78, 5) is 40.6. The predicted molar refractivity (Wildman–Crippen MR) is 167 cm³/mol. The molecule has 0 saturated carbocycles. The molecule has 2 heterocycles. The van der Waals surface area contributed by atoms with Gasteiger partial charge in [0.1, 0.15) is 6.61 Å². The van der Waals surface area contributed by atoms with E-state index in [1.54, 1.807) is 13.1 Å². The molecule has 1 aliphatic rings. The zero-order valence-corrected chi connectivity index (χ0v) is 24.6. The summed E-state index contributed by atoms with van der Waals surface area (Å²) in [5.41, 5.74) is 6.14. The third-order valence-corrected chi connectivity index (χ3v) is 8.47. The van der Waals surface area contributed by atoms with E-state index in [4.69, 9.17) is 16.3 Å². The van der Waals surface area contributed by atoms with Gasteiger partial charge >= 0.3 is 12.2 Å². The predicted octanol–water partition coefficient (Wildman–Crippen LogP) is 6.72. The van der Waals surface area contributed by atoms with Crippen molar-refractivity contribution in [3.63, 3.8) is 0 Å². The molecular weight excluding hydrogens is 566 g/mol. The number of ether oxygens (including phenoxy) is 1. The molecule has 2 unspecified atom stereocenters. The van der Waals surface area contributed by atoms with Crippen molar-refractivity contribution in [2.24, 2.45) is 0 Å². The van der Waals surface area contributed by atoms with Crippen LogP contribution in [0.5, 0.6) is 0 Å². The molecule has 0 spiro atoms. The first-order chi connectivity index (χ1) is 20.8. The van der Waals surface area contributed by atoms with Gasteiger partial charge in [0.05, 0.1) is 0 Å². The molecule has 1 aliphatic heterocycles. The Bertz CT molecular complexity index is 1660. The fourth-order valence-electron chi connectivity index (χ4n) is 5.88. The van der Waals surface area contributed by atoms with E-state index in [0.29, 0.717) is 36.5 Å². The number of rotatable bonds is 8. The number of halogens is 1. The van der Waals surface area contributed by atoms with Crippen LogP contribution in [0.4, 0.5) is 9.59 Å². The lowest BCUT2D eigenvalue weighted by atomic mass is 9.75. The Hall–Kier alpha value is -4.56. The van der Waals surface area contributed by atoms with Crippen LogP contribution in [0.3, 0.4) is 0 Å². The third kappa shape index (κ3) is 7.09. The topological polar surface area (TPSA) is 112 Å². The SMILES string of the molecule is Cc1c(C2CCN(C(=O)O)CC2c2ccc(-c3ccccc3CCNC(=O)OCc3ccccc3)cc2Cl)cc[nH]c1=O. The number of likely N-dealkylation sites (tertiary alicyclic amines) is 1. The molecule has 1 saturated heterocycles. The van der Waals surface area contributed by atoms with E-state index in [-0.39, 0.29) is 30.5 Å². The molecule has 0 bridgehead atoms. The van der Waals surface area contributed by atoms with E-state index < -0.39 is 12.2 Å². The summed E-state index contributed by atoms with van der Waals surface area (Å²) >= 11 is 6.94. The van der Waals surface area contributed by atoms with Crippen LogP contribution in [0, 0.1) is 6.92 Å². The maximum atomic E-state index is 12.4. The maximum absolute atomic E-state index is 12.4. The quantitative estimate of drug-likeness (QED) is 0.208. The standard InChI is InChI=1S/C34H34ClN3O5/c1-22-26(14-17-36-32(22)39)28-15-18-38(34(41)42)20-30(28)29-12-11-25(19-31(29)35)27-10-6-5-9-24(27)13-16-37-33(40)43-21-23-7-3-2-4-8-23/h2-12,14,17,19,28,30H,13,15-16,18,20-21H2,1H3,(H,36,39)(H,37,40)(H,41,42). The summed E-state index contributed by atoms with van der Waals surface area (Å²) in [7, 11) is 0. The van der Waals surface area contributed by atoms with Crippen LogP contribution >= 0.6 is 11.6 Å². The van der Waals surface area contributed by atoms with Gasteiger partial charge in [0.15, 0.2) is 0 Å². The Morgan fingerprint density at radius 1 is 1.02 bits per heavy atom. The Morgan fingerprint density at radius 2 is 1.79 bits per heavy atom. The molecule has 5 rings (SSSR count). The van der Waals surface area contributed by atoms with Crippen LogP contribution < -0.4 is 10.9 Å². The highest BCUT2D eigenvalue weighted by Gasteiger charge is 2.35. The average molecular weight is 600 g/mol. The maximum Gasteiger partial charge on any atom is 0.407 e. The van der Waals surface area contributed by atoms with Crippen molar-refractivity contribution in [1.82, 2.24) is 15.2 Å². The number of aromatic amines is 1. The lowest BCUT2D eigenvalue weighted by molar-refractivity contribution is 0.125. The fraction of sp³-hybridized carbons (Fsp3) is 0.265. The molecule has 43 heavy (non-hydrogen) atoms. The van der Waals surface area contributed by atoms with Gasteiger partial charge in [-0.25, -0.2) is 9.59 Å². The van der Waals surface area contributed by atoms with E-state index in [9.17, 15) is 19.5 Å². The molecule has 0 radical (unpaired) electrons. The van der Waals surface area contributed by atoms with Crippen LogP contribution in [-0.2, 0) is 17.8 Å². The molecule has 2 atom stereocenters. The van der Waals surface area contributed by atoms with Gasteiger partial charge in [-0.2, -0.15) is 0 Å². The number of pyridine rings is 1. The van der Waals surface area contributed by atoms with Crippen molar-refractivity contribution in [3.05, 3.63) is 128 Å². The summed E-state index contributed by atoms with van der Waals surface area (Å²) in [6.07, 6.45) is 1.39. The number of nitrogens with zero attached hydrogens (tertiary/aromatic N) is 1. The second-order valence-electron chi connectivity index (χ2n) is 10.7. The number of alkyl carbamates (subject to hydrolysis) is 1. The first-order valence-electron chi connectivity index (χ1n) is 14.3. The summed E-state index contributed by atoms with van der Waals surface area (Å²) < 4.78 is 5.32. The molecule has 0 aliphatic carbocycles. The average Bonchev–Trinajstić information content (AvgIpc) is 3.02. The first-order valence-corrected chi connectivity index (χ1v) is 14.7. The number of benzene rings is 3. The molecule has 3 N–H and O–H groups in total. The number of amides is 2. The number of H-pyrrole nitrogens is 1. The molecule has 8 nitrogen and oxygen atoms in total. The third-order valence-electron chi connectivity index (χ3n) is 8.14. The Labute approximate surface area is 255 Å². The van der Waals surface area contributed by atoms with Crippen molar-refractivity contribution >= 4 is 23.8 Å². The van der Waals surface area contributed by atoms with Crippen molar-refractivity contribution in [2.45, 2.75) is 38.2 Å². The number of carboxylic acid groups (broad SMARTS) is 1. The van der Waals surface area contributed by atoms with Gasteiger partial charge in [-0.3, -0.25) is 4.79 Å². The second-order valence-corrected chi connectivity index (χ2v) is 11.2. The molecular formula is C34H34ClN3O5. The molecule has 222 valence electrons. The number of carbonyl (C=O) groups excluding carboxylic acids is 1. The van der Waals surface area contributed by atoms with Crippen molar-refractivity contribution in [3.8, 4) is 11.1 Å². The van der Waals surface area contributed by atoms with Gasteiger partial charge < -0.3 is 25.0 Å². The van der Waals surface area contributed by atoms with Crippen molar-refractivity contribution < 1.29 is 19.4 Å². The van der Waals surface area contributed by atoms with Gasteiger partial charge in [-0.1, -0.05) is 78.3 Å². The van der Waals surface area contributed by atoms with Crippen LogP contribution in [0.2, 0.25) is 5.02 Å². The highest BCUT2D eigenvalue weighted by atomic mass is 35.5. The number of nitrogens with one attached hydrogen (secondary N) is 2. The Morgan fingerprint density at radius 3 is 2.56 bits per heavy atom. The van der Waals surface area contributed by atoms with Gasteiger partial charge in [0, 0.05) is 42.3 Å². The van der Waals surface area contributed by atoms with Crippen LogP contribution in [0.25, 0.3) is 11.1 Å². The van der Waals surface area contributed by atoms with Gasteiger partial charge in [-0.05, 0) is 71.2 Å². The van der Waals surface area contributed by atoms with Gasteiger partial charge in [0.25, 0.3) is 5.56 Å². The largest absolute Gasteiger partial charge is 0.465 e. The number of aromatic nitrogens is 1. The van der Waals surface area contributed by atoms with Crippen LogP contribution in [0.1, 0.15) is 46.1 Å². The van der Waals surface area contributed by atoms with E-state index in [0.717, 1.165) is 33.4 Å². The normalized spacial score (nSPS) is 16.5. The highest BCUT2D eigenvalue weighted by Crippen LogP contribution is 2.43. The molecule has 1 aromatic heterocycles. The minimum Gasteiger partial charge on any atom is -0.465 e. The van der Waals surface area contributed by atoms with E-state index in [1.165, 1.54) is 4.90 Å². The van der Waals surface area contributed by atoms with E-state index >= 15 is 0 Å². The van der Waals surface area contributed by atoms with Crippen molar-refractivity contribution in [2.75, 3.05) is 19.6 Å². The van der Waals surface area contributed by atoms with Crippen LogP contribution in [-0.4, -0.2) is 46.8 Å². The lowest BCUT2D eigenvalue weighted by Gasteiger charge is -2.38. The Balaban J connectivity index is 1.33. The molecule has 4 aromatic rings. The first kappa shape index (κ1) is 29.9. The zero-order chi connectivity index (χ0) is 30.3. The molecule has 1 fully saturated rings. The number of carbonyl (C=O) groups is 2. The van der Waals surface area contributed by atoms with Gasteiger partial charge in [0.2, 0.25) is 0 Å². The summed E-state index contributed by atoms with van der Waals surface area (Å²) in [5, 5.41) is 13.1. The summed E-state index contributed by atoms with van der Waals surface area (Å²) in [6.45, 7) is 3.09. The lowest BCUT2D eigenvalue weighted by Crippen LogP contribution is -2.41. The van der Waals surface area contributed by atoms with E-state index in [2.05, 4.69) is 10.3 Å². The minimum atomic E-state index is -0.967. The highest BCUT2D eigenvalue weighted by molar-refractivity contribution is 6.31. The van der Waals surface area contributed by atoms with E-state index in [1.807, 2.05) is 78.9 Å². The fourth-order valence-corrected chi connectivity index (χ4v) is 6.20. The smallest absolute Gasteiger partial charge is 0.407 e. The number of piperidine rings is 1. The molecule has 9 heteroatoms. The summed E-state index contributed by atoms with van der Waals surface area (Å²) in [6, 6.07) is 25.3.